The molecule has 0 saturated heterocycles. The minimum absolute atomic E-state index is 0.0258. The third-order valence-electron chi connectivity index (χ3n) is 2.35. The lowest BCUT2D eigenvalue weighted by Crippen LogP contribution is -2.27. The Morgan fingerprint density at radius 2 is 1.95 bits per heavy atom. The van der Waals surface area contributed by atoms with Gasteiger partial charge in [0.15, 0.2) is 0 Å². The van der Waals surface area contributed by atoms with Crippen molar-refractivity contribution in [2.45, 2.75) is 25.0 Å². The second-order valence-corrected chi connectivity index (χ2v) is 7.55. The molecule has 0 aliphatic carbocycles. The molecule has 0 aromatic carbocycles. The minimum Gasteiger partial charge on any atom is -0.447 e. The van der Waals surface area contributed by atoms with E-state index in [1.54, 1.807) is 6.07 Å². The van der Waals surface area contributed by atoms with E-state index in [0.717, 1.165) is 6.54 Å². The van der Waals surface area contributed by atoms with Crippen molar-refractivity contribution in [2.75, 3.05) is 18.8 Å². The van der Waals surface area contributed by atoms with E-state index in [1.165, 1.54) is 6.07 Å². The fourth-order valence-corrected chi connectivity index (χ4v) is 2.96. The van der Waals surface area contributed by atoms with E-state index in [1.807, 2.05) is 6.92 Å². The Hall–Kier alpha value is -0.940. The van der Waals surface area contributed by atoms with Crippen molar-refractivity contribution in [3.63, 3.8) is 0 Å². The zero-order valence-corrected chi connectivity index (χ0v) is 12.8. The molecule has 0 aliphatic rings. The van der Waals surface area contributed by atoms with Crippen LogP contribution in [0.15, 0.2) is 21.6 Å². The lowest BCUT2D eigenvalue weighted by molar-refractivity contribution is 0.401. The third-order valence-corrected chi connectivity index (χ3v) is 4.54. The molecule has 0 radical (unpaired) electrons. The largest absolute Gasteiger partial charge is 0.447 e. The summed E-state index contributed by atoms with van der Waals surface area (Å²) in [7, 11) is -7.34. The van der Waals surface area contributed by atoms with E-state index >= 15 is 0 Å². The lowest BCUT2D eigenvalue weighted by atomic mass is 10.4. The van der Waals surface area contributed by atoms with Crippen molar-refractivity contribution in [1.82, 2.24) is 10.0 Å². The quantitative estimate of drug-likeness (QED) is 0.517. The Morgan fingerprint density at radius 3 is 2.55 bits per heavy atom. The number of nitrogens with one attached hydrogen (secondary N) is 2. The summed E-state index contributed by atoms with van der Waals surface area (Å²) in [5.41, 5.74) is 0. The van der Waals surface area contributed by atoms with Gasteiger partial charge in [-0.05, 0) is 25.1 Å². The van der Waals surface area contributed by atoms with Crippen LogP contribution in [0.1, 0.15) is 19.1 Å². The molecule has 10 heteroatoms. The van der Waals surface area contributed by atoms with Crippen molar-refractivity contribution in [2.24, 2.45) is 5.14 Å². The number of hydrogen-bond donors (Lipinski definition) is 3. The highest BCUT2D eigenvalue weighted by atomic mass is 32.2. The number of hydrogen-bond acceptors (Lipinski definition) is 6. The van der Waals surface area contributed by atoms with Gasteiger partial charge < -0.3 is 9.73 Å². The van der Waals surface area contributed by atoms with Crippen LogP contribution in [-0.2, 0) is 26.6 Å². The van der Waals surface area contributed by atoms with Crippen LogP contribution < -0.4 is 15.2 Å². The smallest absolute Gasteiger partial charge is 0.273 e. The number of primary sulfonamides is 1. The Bertz CT molecular complexity index is 621. The molecule has 1 rings (SSSR count). The molecule has 0 amide bonds. The molecule has 0 bridgehead atoms. The molecule has 0 unspecified atom stereocenters. The van der Waals surface area contributed by atoms with E-state index in [0.29, 0.717) is 12.3 Å². The van der Waals surface area contributed by atoms with Gasteiger partial charge in [0.1, 0.15) is 5.76 Å². The molecule has 0 saturated carbocycles. The van der Waals surface area contributed by atoms with Gasteiger partial charge in [0, 0.05) is 6.54 Å². The summed E-state index contributed by atoms with van der Waals surface area (Å²) in [6.07, 6.45) is 0.100. The zero-order valence-electron chi connectivity index (χ0n) is 11.1. The van der Waals surface area contributed by atoms with Crippen LogP contribution in [0, 0.1) is 0 Å². The van der Waals surface area contributed by atoms with E-state index in [4.69, 9.17) is 9.56 Å². The van der Waals surface area contributed by atoms with Crippen molar-refractivity contribution >= 4 is 20.0 Å². The van der Waals surface area contributed by atoms with Crippen molar-refractivity contribution in [3.05, 3.63) is 17.9 Å². The highest BCUT2D eigenvalue weighted by Gasteiger charge is 2.18. The summed E-state index contributed by atoms with van der Waals surface area (Å²) >= 11 is 0. The second-order valence-electron chi connectivity index (χ2n) is 4.12. The van der Waals surface area contributed by atoms with Gasteiger partial charge >= 0.3 is 0 Å². The second kappa shape index (κ2) is 7.18. The number of rotatable bonds is 9. The minimum atomic E-state index is -3.76. The molecule has 0 atom stereocenters. The highest BCUT2D eigenvalue weighted by Crippen LogP contribution is 2.13. The summed E-state index contributed by atoms with van der Waals surface area (Å²) < 4.78 is 52.5. The zero-order chi connectivity index (χ0) is 15.2. The van der Waals surface area contributed by atoms with E-state index < -0.39 is 20.0 Å². The Balaban J connectivity index is 2.53. The third kappa shape index (κ3) is 6.01. The van der Waals surface area contributed by atoms with Crippen molar-refractivity contribution < 1.29 is 21.3 Å². The molecule has 116 valence electrons. The molecular weight excluding hydrogens is 306 g/mol. The predicted octanol–water partition coefficient (Wildman–Crippen LogP) is -0.654. The average Bonchev–Trinajstić information content (AvgIpc) is 2.80. The van der Waals surface area contributed by atoms with Crippen molar-refractivity contribution in [1.29, 1.82) is 0 Å². The highest BCUT2D eigenvalue weighted by molar-refractivity contribution is 7.89. The van der Waals surface area contributed by atoms with Gasteiger partial charge in [-0.25, -0.2) is 26.7 Å². The number of sulfonamides is 2. The summed E-state index contributed by atoms with van der Waals surface area (Å²) in [6, 6.07) is 2.93. The lowest BCUT2D eigenvalue weighted by Gasteiger charge is -2.03. The normalized spacial score (nSPS) is 12.7. The van der Waals surface area contributed by atoms with E-state index in [2.05, 4.69) is 10.0 Å². The van der Waals surface area contributed by atoms with Gasteiger partial charge in [-0.15, -0.1) is 0 Å². The maximum atomic E-state index is 11.8. The Labute approximate surface area is 118 Å². The SMILES string of the molecule is CCNCc1ccc(S(=O)(=O)NCCCS(N)(=O)=O)o1. The molecule has 0 spiro atoms. The van der Waals surface area contributed by atoms with Gasteiger partial charge in [-0.1, -0.05) is 6.92 Å². The van der Waals surface area contributed by atoms with Gasteiger partial charge in [0.25, 0.3) is 10.0 Å². The topological polar surface area (TPSA) is 132 Å². The van der Waals surface area contributed by atoms with Crippen molar-refractivity contribution in [3.8, 4) is 0 Å². The van der Waals surface area contributed by atoms with Crippen LogP contribution in [0.5, 0.6) is 0 Å². The summed E-state index contributed by atoms with van der Waals surface area (Å²) in [5.74, 6) is 0.232. The summed E-state index contributed by atoms with van der Waals surface area (Å²) in [4.78, 5) is 0. The predicted molar refractivity (Wildman–Crippen MR) is 73.9 cm³/mol. The summed E-state index contributed by atoms with van der Waals surface area (Å²) in [5, 5.41) is 7.63. The van der Waals surface area contributed by atoms with Crippen LogP contribution in [0.25, 0.3) is 0 Å². The fourth-order valence-electron chi connectivity index (χ4n) is 1.40. The monoisotopic (exact) mass is 325 g/mol. The van der Waals surface area contributed by atoms with Crippen LogP contribution in [-0.4, -0.2) is 35.7 Å². The number of furan rings is 1. The van der Waals surface area contributed by atoms with Crippen LogP contribution >= 0.6 is 0 Å². The van der Waals surface area contributed by atoms with Crippen LogP contribution in [0.3, 0.4) is 0 Å². The first-order valence-electron chi connectivity index (χ1n) is 6.04. The molecule has 0 aliphatic heterocycles. The van der Waals surface area contributed by atoms with Crippen LogP contribution in [0.4, 0.5) is 0 Å². The maximum Gasteiger partial charge on any atom is 0.273 e. The fraction of sp³-hybridized carbons (Fsp3) is 0.600. The molecule has 20 heavy (non-hydrogen) atoms. The summed E-state index contributed by atoms with van der Waals surface area (Å²) in [6.45, 7) is 3.09. The van der Waals surface area contributed by atoms with E-state index in [9.17, 15) is 16.8 Å². The Morgan fingerprint density at radius 1 is 1.25 bits per heavy atom. The number of nitrogens with two attached hydrogens (primary N) is 1. The first-order chi connectivity index (χ1) is 9.24. The molecule has 1 heterocycles. The van der Waals surface area contributed by atoms with Crippen LogP contribution in [0.2, 0.25) is 0 Å². The molecule has 4 N–H and O–H groups in total. The molecule has 1 aromatic rings. The average molecular weight is 325 g/mol. The molecule has 0 fully saturated rings. The van der Waals surface area contributed by atoms with Gasteiger partial charge in [0.2, 0.25) is 15.1 Å². The first-order valence-corrected chi connectivity index (χ1v) is 9.24. The maximum absolute atomic E-state index is 11.8. The molecule has 1 aromatic heterocycles. The standard InChI is InChI=1S/C10H19N3O5S2/c1-2-12-8-9-4-5-10(18-9)20(16,17)13-6-3-7-19(11,14)15/h4-5,12-13H,2-3,6-8H2,1H3,(H2,11,14,15). The van der Waals surface area contributed by atoms with Gasteiger partial charge in [0.05, 0.1) is 12.3 Å². The first kappa shape index (κ1) is 17.1. The van der Waals surface area contributed by atoms with E-state index in [-0.39, 0.29) is 23.8 Å². The van der Waals surface area contributed by atoms with Gasteiger partial charge in [-0.3, -0.25) is 0 Å². The molecular formula is C10H19N3O5S2. The van der Waals surface area contributed by atoms with Gasteiger partial charge in [-0.2, -0.15) is 0 Å². The Kier molecular flexibility index (Phi) is 6.14. The molecule has 8 nitrogen and oxygen atoms in total.